The molecule has 1 aliphatic rings. The van der Waals surface area contributed by atoms with Gasteiger partial charge in [0.1, 0.15) is 6.04 Å². The molecule has 0 aromatic heterocycles. The highest BCUT2D eigenvalue weighted by Crippen LogP contribution is 2.08. The van der Waals surface area contributed by atoms with E-state index in [1.54, 1.807) is 13.8 Å². The number of carbonyl (C=O) groups is 3. The van der Waals surface area contributed by atoms with E-state index in [-0.39, 0.29) is 11.8 Å². The van der Waals surface area contributed by atoms with Crippen LogP contribution in [0.15, 0.2) is 0 Å². The second-order valence-corrected chi connectivity index (χ2v) is 4.21. The fourth-order valence-electron chi connectivity index (χ4n) is 1.56. The Hall–Kier alpha value is -1.59. The summed E-state index contributed by atoms with van der Waals surface area (Å²) in [5, 5.41) is 15.6. The predicted octanol–water partition coefficient (Wildman–Crippen LogP) is -1.84. The quantitative estimate of drug-likeness (QED) is 0.589. The highest BCUT2D eigenvalue weighted by Gasteiger charge is 2.29. The minimum absolute atomic E-state index is 0.185. The molecule has 1 aliphatic heterocycles. The van der Waals surface area contributed by atoms with E-state index in [0.717, 1.165) is 0 Å². The zero-order chi connectivity index (χ0) is 12.3. The Morgan fingerprint density at radius 3 is 2.50 bits per heavy atom. The first-order valence-corrected chi connectivity index (χ1v) is 5.22. The molecule has 6 heteroatoms. The number of carboxylic acid groups (broad SMARTS) is 1. The first-order valence-electron chi connectivity index (χ1n) is 5.22. The Balaban J connectivity index is 2.55. The van der Waals surface area contributed by atoms with Crippen molar-refractivity contribution in [3.63, 3.8) is 0 Å². The van der Waals surface area contributed by atoms with Gasteiger partial charge in [-0.3, -0.25) is 9.59 Å². The number of hydrogen-bond acceptors (Lipinski definition) is 4. The second kappa shape index (κ2) is 4.96. The van der Waals surface area contributed by atoms with Crippen LogP contribution in [0.3, 0.4) is 0 Å². The highest BCUT2D eigenvalue weighted by molar-refractivity contribution is 5.92. The Morgan fingerprint density at radius 2 is 2.12 bits per heavy atom. The molecule has 0 bridgehead atoms. The summed E-state index contributed by atoms with van der Waals surface area (Å²) < 4.78 is 0. The van der Waals surface area contributed by atoms with Crippen LogP contribution in [0.5, 0.6) is 0 Å². The van der Waals surface area contributed by atoms with Gasteiger partial charge in [-0.1, -0.05) is 13.8 Å². The standard InChI is InChI=1S/C10H16N2O4/c1-5(2)8(10(15)16)12-9(14)6-3-4-7(13)11-6/h5-6,8H,3-4H2,1-2H3,(H,11,13)(H,12,14)(H,15,16)/p-1/t6-,8-/m0/s1. The van der Waals surface area contributed by atoms with E-state index in [4.69, 9.17) is 0 Å². The number of aliphatic carboxylic acids is 1. The third-order valence-corrected chi connectivity index (χ3v) is 2.53. The van der Waals surface area contributed by atoms with Crippen LogP contribution in [0.25, 0.3) is 0 Å². The van der Waals surface area contributed by atoms with Crippen LogP contribution in [0, 0.1) is 5.92 Å². The van der Waals surface area contributed by atoms with E-state index >= 15 is 0 Å². The van der Waals surface area contributed by atoms with Crippen molar-refractivity contribution in [1.29, 1.82) is 0 Å². The van der Waals surface area contributed by atoms with Crippen molar-refractivity contribution >= 4 is 17.8 Å². The Morgan fingerprint density at radius 1 is 1.50 bits per heavy atom. The van der Waals surface area contributed by atoms with Gasteiger partial charge in [0.15, 0.2) is 0 Å². The second-order valence-electron chi connectivity index (χ2n) is 4.21. The fourth-order valence-corrected chi connectivity index (χ4v) is 1.56. The summed E-state index contributed by atoms with van der Waals surface area (Å²) in [6, 6.07) is -1.64. The van der Waals surface area contributed by atoms with E-state index in [9.17, 15) is 19.5 Å². The van der Waals surface area contributed by atoms with Gasteiger partial charge in [-0.2, -0.15) is 0 Å². The summed E-state index contributed by atoms with van der Waals surface area (Å²) >= 11 is 0. The van der Waals surface area contributed by atoms with Crippen molar-refractivity contribution in [3.05, 3.63) is 0 Å². The SMILES string of the molecule is CC(C)[C@H](NC(=O)[C@@H]1CCC(=O)N1)C(=O)[O-]. The topological polar surface area (TPSA) is 98.3 Å². The van der Waals surface area contributed by atoms with Gasteiger partial charge in [-0.15, -0.1) is 0 Å². The minimum Gasteiger partial charge on any atom is -0.548 e. The van der Waals surface area contributed by atoms with Crippen LogP contribution in [-0.2, 0) is 14.4 Å². The Labute approximate surface area is 93.4 Å². The number of hydrogen-bond donors (Lipinski definition) is 2. The molecular weight excluding hydrogens is 212 g/mol. The molecule has 0 saturated carbocycles. The number of rotatable bonds is 4. The minimum atomic E-state index is -1.31. The number of carbonyl (C=O) groups excluding carboxylic acids is 3. The molecule has 0 unspecified atom stereocenters. The van der Waals surface area contributed by atoms with Crippen LogP contribution in [0.2, 0.25) is 0 Å². The van der Waals surface area contributed by atoms with Gasteiger partial charge >= 0.3 is 0 Å². The summed E-state index contributed by atoms with van der Waals surface area (Å²) in [5.74, 6) is -2.22. The van der Waals surface area contributed by atoms with Crippen LogP contribution in [0.4, 0.5) is 0 Å². The molecule has 2 amide bonds. The monoisotopic (exact) mass is 227 g/mol. The third kappa shape index (κ3) is 2.95. The van der Waals surface area contributed by atoms with E-state index in [1.165, 1.54) is 0 Å². The van der Waals surface area contributed by atoms with Crippen molar-refractivity contribution in [2.45, 2.75) is 38.8 Å². The van der Waals surface area contributed by atoms with Crippen LogP contribution >= 0.6 is 0 Å². The molecule has 0 aromatic carbocycles. The first kappa shape index (κ1) is 12.5. The van der Waals surface area contributed by atoms with Crippen molar-refractivity contribution in [2.24, 2.45) is 5.92 Å². The van der Waals surface area contributed by atoms with E-state index in [2.05, 4.69) is 10.6 Å². The molecule has 0 aromatic rings. The van der Waals surface area contributed by atoms with E-state index in [0.29, 0.717) is 12.8 Å². The molecule has 2 atom stereocenters. The first-order chi connectivity index (χ1) is 7.41. The third-order valence-electron chi connectivity index (χ3n) is 2.53. The maximum Gasteiger partial charge on any atom is 0.243 e. The average Bonchev–Trinajstić information content (AvgIpc) is 2.59. The number of amides is 2. The molecule has 0 aliphatic carbocycles. The van der Waals surface area contributed by atoms with Gasteiger partial charge in [0.05, 0.1) is 12.0 Å². The van der Waals surface area contributed by atoms with Gasteiger partial charge in [-0.05, 0) is 12.3 Å². The van der Waals surface area contributed by atoms with Crippen molar-refractivity contribution in [1.82, 2.24) is 10.6 Å². The average molecular weight is 227 g/mol. The van der Waals surface area contributed by atoms with Gasteiger partial charge < -0.3 is 20.5 Å². The van der Waals surface area contributed by atoms with E-state index in [1.807, 2.05) is 0 Å². The molecule has 1 heterocycles. The zero-order valence-corrected chi connectivity index (χ0v) is 9.28. The molecule has 6 nitrogen and oxygen atoms in total. The van der Waals surface area contributed by atoms with Gasteiger partial charge in [0.25, 0.3) is 0 Å². The molecule has 2 N–H and O–H groups in total. The molecular formula is C10H15N2O4-. The lowest BCUT2D eigenvalue weighted by atomic mass is 10.0. The summed E-state index contributed by atoms with van der Waals surface area (Å²) in [5.41, 5.74) is 0. The van der Waals surface area contributed by atoms with Crippen LogP contribution in [-0.4, -0.2) is 29.9 Å². The van der Waals surface area contributed by atoms with E-state index < -0.39 is 24.0 Å². The molecule has 16 heavy (non-hydrogen) atoms. The Bertz CT molecular complexity index is 314. The van der Waals surface area contributed by atoms with Gasteiger partial charge in [0, 0.05) is 6.42 Å². The van der Waals surface area contributed by atoms with Gasteiger partial charge in [-0.25, -0.2) is 0 Å². The molecule has 1 saturated heterocycles. The maximum atomic E-state index is 11.6. The molecule has 1 fully saturated rings. The summed E-state index contributed by atoms with van der Waals surface area (Å²) in [6.07, 6.45) is 0.707. The van der Waals surface area contributed by atoms with Crippen LogP contribution < -0.4 is 15.7 Å². The van der Waals surface area contributed by atoms with Gasteiger partial charge in [0.2, 0.25) is 11.8 Å². The normalized spacial score (nSPS) is 21.7. The van der Waals surface area contributed by atoms with Crippen molar-refractivity contribution in [2.75, 3.05) is 0 Å². The lowest BCUT2D eigenvalue weighted by molar-refractivity contribution is -0.309. The van der Waals surface area contributed by atoms with Crippen LogP contribution in [0.1, 0.15) is 26.7 Å². The fraction of sp³-hybridized carbons (Fsp3) is 0.700. The summed E-state index contributed by atoms with van der Waals surface area (Å²) in [7, 11) is 0. The summed E-state index contributed by atoms with van der Waals surface area (Å²) in [6.45, 7) is 3.35. The van der Waals surface area contributed by atoms with Crippen molar-refractivity contribution in [3.8, 4) is 0 Å². The number of nitrogens with one attached hydrogen (secondary N) is 2. The predicted molar refractivity (Wildman–Crippen MR) is 52.9 cm³/mol. The lowest BCUT2D eigenvalue weighted by Crippen LogP contribution is -2.54. The smallest absolute Gasteiger partial charge is 0.243 e. The molecule has 0 spiro atoms. The lowest BCUT2D eigenvalue weighted by Gasteiger charge is -2.24. The molecule has 90 valence electrons. The highest BCUT2D eigenvalue weighted by atomic mass is 16.4. The maximum absolute atomic E-state index is 11.6. The largest absolute Gasteiger partial charge is 0.548 e. The summed E-state index contributed by atoms with van der Waals surface area (Å²) in [4.78, 5) is 33.2. The van der Waals surface area contributed by atoms with Crippen molar-refractivity contribution < 1.29 is 19.5 Å². The number of carboxylic acids is 1. The zero-order valence-electron chi connectivity index (χ0n) is 9.28. The molecule has 0 radical (unpaired) electrons. The Kier molecular flexibility index (Phi) is 3.87. The molecule has 1 rings (SSSR count).